The van der Waals surface area contributed by atoms with Gasteiger partial charge in [0.05, 0.1) is 0 Å². The van der Waals surface area contributed by atoms with Gasteiger partial charge in [-0.25, -0.2) is 14.4 Å². The molecule has 45 heavy (non-hydrogen) atoms. The van der Waals surface area contributed by atoms with Gasteiger partial charge in [-0.2, -0.15) is 0 Å². The monoisotopic (exact) mass is 621 g/mol. The second-order valence-electron chi connectivity index (χ2n) is 10.4. The topological polar surface area (TPSA) is 197 Å². The molecule has 0 radical (unpaired) electrons. The maximum atomic E-state index is 13.8. The van der Waals surface area contributed by atoms with Crippen molar-refractivity contribution in [1.82, 2.24) is 4.90 Å². The van der Waals surface area contributed by atoms with Crippen molar-refractivity contribution in [3.05, 3.63) is 96.1 Å². The number of carbonyl (C=O) groups is 5. The SMILES string of the molecule is C[C@H]([C@H](CCc1ccccc1)c1ccc(Oc2ccccc2)cc1)N(CC(=O)O)C(=O)[C@H]1OC(C(=O)O)(C(=O)O)O[C@@H]1C(=O)O. The lowest BCUT2D eigenvalue weighted by molar-refractivity contribution is -0.221. The zero-order chi connectivity index (χ0) is 32.7. The van der Waals surface area contributed by atoms with E-state index in [0.717, 1.165) is 10.5 Å². The van der Waals surface area contributed by atoms with Crippen LogP contribution in [0.3, 0.4) is 0 Å². The molecule has 1 fully saturated rings. The second-order valence-corrected chi connectivity index (χ2v) is 10.4. The third-order valence-corrected chi connectivity index (χ3v) is 7.45. The number of hydrogen-bond donors (Lipinski definition) is 4. The molecule has 1 amide bonds. The van der Waals surface area contributed by atoms with E-state index < -0.39 is 66.3 Å². The Morgan fingerprint density at radius 1 is 0.778 bits per heavy atom. The van der Waals surface area contributed by atoms with E-state index >= 15 is 0 Å². The maximum Gasteiger partial charge on any atom is 0.377 e. The van der Waals surface area contributed by atoms with Gasteiger partial charge < -0.3 is 39.5 Å². The van der Waals surface area contributed by atoms with E-state index in [0.29, 0.717) is 29.9 Å². The number of carboxylic acid groups (broad SMARTS) is 4. The second kappa shape index (κ2) is 14.0. The molecule has 13 heteroatoms. The van der Waals surface area contributed by atoms with Crippen LogP contribution in [0.2, 0.25) is 0 Å². The highest BCUT2D eigenvalue weighted by molar-refractivity contribution is 6.02. The van der Waals surface area contributed by atoms with E-state index in [1.165, 1.54) is 0 Å². The summed E-state index contributed by atoms with van der Waals surface area (Å²) in [6.45, 7) is 0.647. The Hall–Kier alpha value is -5.27. The first-order valence-electron chi connectivity index (χ1n) is 13.9. The Labute approximate surface area is 257 Å². The number of aryl methyl sites for hydroxylation is 1. The van der Waals surface area contributed by atoms with Gasteiger partial charge in [0.15, 0.2) is 12.2 Å². The number of benzene rings is 3. The summed E-state index contributed by atoms with van der Waals surface area (Å²) in [4.78, 5) is 62.2. The standard InChI is InChI=1S/C32H31NO12/c1-19(33(18-25(34)35)28(36)26-27(29(37)38)45-32(44-26,30(39)40)31(41)42)24(17-12-20-8-4-2-5-9-20)21-13-15-23(16-14-21)43-22-10-6-3-7-11-22/h2-11,13-16,19,24,26-27H,12,17-18H2,1H3,(H,34,35)(H,37,38)(H,39,40)(H,41,42)/t19-,24+,26+,27+/m1/s1. The first kappa shape index (κ1) is 32.6. The fourth-order valence-corrected chi connectivity index (χ4v) is 5.17. The molecule has 0 aliphatic carbocycles. The fourth-order valence-electron chi connectivity index (χ4n) is 5.17. The molecule has 0 spiro atoms. The smallest absolute Gasteiger partial charge is 0.377 e. The number of aliphatic carboxylic acids is 4. The number of carboxylic acids is 4. The molecule has 0 bridgehead atoms. The van der Waals surface area contributed by atoms with Crippen LogP contribution in [0.1, 0.15) is 30.4 Å². The van der Waals surface area contributed by atoms with Gasteiger partial charge in [0.1, 0.15) is 18.0 Å². The third-order valence-electron chi connectivity index (χ3n) is 7.45. The molecule has 1 aliphatic rings. The van der Waals surface area contributed by atoms with Crippen molar-refractivity contribution in [2.75, 3.05) is 6.54 Å². The number of rotatable bonds is 14. The summed E-state index contributed by atoms with van der Waals surface area (Å²) >= 11 is 0. The van der Waals surface area contributed by atoms with Crippen LogP contribution >= 0.6 is 0 Å². The summed E-state index contributed by atoms with van der Waals surface area (Å²) in [6.07, 6.45) is -3.68. The summed E-state index contributed by atoms with van der Waals surface area (Å²) in [5, 5.41) is 38.4. The Bertz CT molecular complexity index is 1510. The van der Waals surface area contributed by atoms with Crippen LogP contribution in [-0.2, 0) is 39.9 Å². The molecule has 0 saturated carbocycles. The van der Waals surface area contributed by atoms with Gasteiger partial charge >= 0.3 is 29.7 Å². The summed E-state index contributed by atoms with van der Waals surface area (Å²) < 4.78 is 15.7. The van der Waals surface area contributed by atoms with Crippen LogP contribution in [0.15, 0.2) is 84.9 Å². The predicted octanol–water partition coefficient (Wildman–Crippen LogP) is 3.23. The van der Waals surface area contributed by atoms with Crippen LogP contribution in [0, 0.1) is 0 Å². The van der Waals surface area contributed by atoms with Gasteiger partial charge in [0.25, 0.3) is 5.91 Å². The Morgan fingerprint density at radius 2 is 1.31 bits per heavy atom. The lowest BCUT2D eigenvalue weighted by Crippen LogP contribution is -2.53. The van der Waals surface area contributed by atoms with E-state index in [-0.39, 0.29) is 0 Å². The molecule has 4 N–H and O–H groups in total. The lowest BCUT2D eigenvalue weighted by Gasteiger charge is -2.36. The average molecular weight is 622 g/mol. The van der Waals surface area contributed by atoms with Gasteiger partial charge in [-0.1, -0.05) is 60.7 Å². The van der Waals surface area contributed by atoms with E-state index in [1.54, 1.807) is 43.3 Å². The van der Waals surface area contributed by atoms with E-state index in [4.69, 9.17) is 14.2 Å². The van der Waals surface area contributed by atoms with E-state index in [1.807, 2.05) is 48.5 Å². The minimum Gasteiger partial charge on any atom is -0.480 e. The zero-order valence-corrected chi connectivity index (χ0v) is 24.0. The van der Waals surface area contributed by atoms with Crippen molar-refractivity contribution in [2.45, 2.75) is 49.7 Å². The minimum atomic E-state index is -3.48. The molecule has 4 rings (SSSR count). The lowest BCUT2D eigenvalue weighted by atomic mass is 9.85. The predicted molar refractivity (Wildman–Crippen MR) is 155 cm³/mol. The molecular weight excluding hydrogens is 590 g/mol. The molecule has 1 heterocycles. The molecule has 0 unspecified atom stereocenters. The number of ether oxygens (including phenoxy) is 3. The van der Waals surface area contributed by atoms with Gasteiger partial charge in [0.2, 0.25) is 0 Å². The van der Waals surface area contributed by atoms with Crippen LogP contribution < -0.4 is 4.74 Å². The fraction of sp³-hybridized carbons (Fsp3) is 0.281. The molecule has 1 saturated heterocycles. The molecule has 0 aromatic heterocycles. The molecule has 3 aromatic rings. The number of carbonyl (C=O) groups excluding carboxylic acids is 1. The average Bonchev–Trinajstić information content (AvgIpc) is 3.45. The van der Waals surface area contributed by atoms with Crippen LogP contribution in [0.5, 0.6) is 11.5 Å². The van der Waals surface area contributed by atoms with Crippen molar-refractivity contribution >= 4 is 29.8 Å². The van der Waals surface area contributed by atoms with Crippen molar-refractivity contribution in [3.8, 4) is 11.5 Å². The molecular formula is C32H31NO12. The molecule has 236 valence electrons. The van der Waals surface area contributed by atoms with Gasteiger partial charge in [-0.15, -0.1) is 0 Å². The van der Waals surface area contributed by atoms with Crippen LogP contribution in [-0.4, -0.2) is 85.7 Å². The molecule has 1 aliphatic heterocycles. The van der Waals surface area contributed by atoms with Gasteiger partial charge in [-0.3, -0.25) is 9.59 Å². The highest BCUT2D eigenvalue weighted by Gasteiger charge is 2.64. The van der Waals surface area contributed by atoms with Gasteiger partial charge in [0, 0.05) is 12.0 Å². The van der Waals surface area contributed by atoms with E-state index in [9.17, 15) is 44.4 Å². The molecule has 4 atom stereocenters. The number of para-hydroxylation sites is 1. The Balaban J connectivity index is 1.68. The third kappa shape index (κ3) is 7.45. The highest BCUT2D eigenvalue weighted by Crippen LogP contribution is 2.35. The minimum absolute atomic E-state index is 0.409. The van der Waals surface area contributed by atoms with Crippen molar-refractivity contribution < 1.29 is 58.6 Å². The number of hydrogen-bond acceptors (Lipinski definition) is 8. The summed E-state index contributed by atoms with van der Waals surface area (Å²) in [6, 6.07) is 24.5. The summed E-state index contributed by atoms with van der Waals surface area (Å²) in [7, 11) is 0. The van der Waals surface area contributed by atoms with Crippen molar-refractivity contribution in [1.29, 1.82) is 0 Å². The quantitative estimate of drug-likeness (QED) is 0.192. The number of nitrogens with zero attached hydrogens (tertiary/aromatic N) is 1. The van der Waals surface area contributed by atoms with Gasteiger partial charge in [-0.05, 0) is 55.2 Å². The number of amides is 1. The van der Waals surface area contributed by atoms with Crippen LogP contribution in [0.4, 0.5) is 0 Å². The normalized spacial score (nSPS) is 18.3. The van der Waals surface area contributed by atoms with Crippen molar-refractivity contribution in [2.24, 2.45) is 0 Å². The Kier molecular flexibility index (Phi) is 10.2. The first-order chi connectivity index (χ1) is 21.4. The van der Waals surface area contributed by atoms with Crippen molar-refractivity contribution in [3.63, 3.8) is 0 Å². The largest absolute Gasteiger partial charge is 0.480 e. The summed E-state index contributed by atoms with van der Waals surface area (Å²) in [5.41, 5.74) is 1.67. The van der Waals surface area contributed by atoms with E-state index in [2.05, 4.69) is 0 Å². The first-order valence-corrected chi connectivity index (χ1v) is 13.9. The maximum absolute atomic E-state index is 13.8. The zero-order valence-electron chi connectivity index (χ0n) is 24.0. The summed E-state index contributed by atoms with van der Waals surface area (Å²) in [5.74, 6) is -11.8. The molecule has 3 aromatic carbocycles. The van der Waals surface area contributed by atoms with Crippen LogP contribution in [0.25, 0.3) is 0 Å². The Morgan fingerprint density at radius 3 is 1.84 bits per heavy atom. The highest BCUT2D eigenvalue weighted by atomic mass is 16.8. The molecule has 13 nitrogen and oxygen atoms in total.